The Bertz CT molecular complexity index is 913. The highest BCUT2D eigenvalue weighted by atomic mass is 127. The zero-order valence-corrected chi connectivity index (χ0v) is 20.2. The lowest BCUT2D eigenvalue weighted by molar-refractivity contribution is 0.795. The molecular formula is C21H30IN5S. The zero-order chi connectivity index (χ0) is 19.2. The predicted molar refractivity (Wildman–Crippen MR) is 131 cm³/mol. The van der Waals surface area contributed by atoms with Gasteiger partial charge in [-0.25, -0.2) is 9.98 Å². The summed E-state index contributed by atoms with van der Waals surface area (Å²) < 4.78 is 0. The minimum Gasteiger partial charge on any atom is -0.361 e. The van der Waals surface area contributed by atoms with E-state index in [0.717, 1.165) is 31.2 Å². The minimum atomic E-state index is 0. The lowest BCUT2D eigenvalue weighted by Gasteiger charge is -2.10. The second kappa shape index (κ2) is 10.8. The molecule has 28 heavy (non-hydrogen) atoms. The van der Waals surface area contributed by atoms with Crippen LogP contribution in [-0.2, 0) is 13.0 Å². The Morgan fingerprint density at radius 1 is 1.29 bits per heavy atom. The Morgan fingerprint density at radius 3 is 2.82 bits per heavy atom. The molecule has 0 aliphatic carbocycles. The van der Waals surface area contributed by atoms with Gasteiger partial charge in [0.1, 0.15) is 0 Å². The van der Waals surface area contributed by atoms with Crippen molar-refractivity contribution in [2.24, 2.45) is 4.99 Å². The third kappa shape index (κ3) is 5.94. The van der Waals surface area contributed by atoms with E-state index < -0.39 is 0 Å². The molecular weight excluding hydrogens is 481 g/mol. The van der Waals surface area contributed by atoms with Gasteiger partial charge in [0, 0.05) is 41.5 Å². The van der Waals surface area contributed by atoms with Crippen LogP contribution in [0.5, 0.6) is 0 Å². The van der Waals surface area contributed by atoms with Gasteiger partial charge in [-0.2, -0.15) is 0 Å². The van der Waals surface area contributed by atoms with Gasteiger partial charge in [0.05, 0.1) is 17.2 Å². The number of aliphatic imine (C=N–C) groups is 1. The van der Waals surface area contributed by atoms with Crippen molar-refractivity contribution < 1.29 is 0 Å². The summed E-state index contributed by atoms with van der Waals surface area (Å²) in [5, 5.41) is 11.3. The highest BCUT2D eigenvalue weighted by Gasteiger charge is 2.07. The lowest BCUT2D eigenvalue weighted by atomic mass is 10.1. The van der Waals surface area contributed by atoms with E-state index in [-0.39, 0.29) is 24.0 Å². The number of nitrogens with zero attached hydrogens (tertiary/aromatic N) is 2. The van der Waals surface area contributed by atoms with Crippen LogP contribution in [0.2, 0.25) is 0 Å². The number of guanidine groups is 1. The quantitative estimate of drug-likeness (QED) is 0.238. The number of nitrogens with one attached hydrogen (secondary N) is 3. The van der Waals surface area contributed by atoms with Gasteiger partial charge in [0.2, 0.25) is 0 Å². The Kier molecular flexibility index (Phi) is 8.75. The smallest absolute Gasteiger partial charge is 0.191 e. The van der Waals surface area contributed by atoms with E-state index in [4.69, 9.17) is 0 Å². The second-order valence-corrected chi connectivity index (χ2v) is 7.96. The first-order valence-electron chi connectivity index (χ1n) is 9.60. The maximum absolute atomic E-state index is 4.68. The van der Waals surface area contributed by atoms with Crippen molar-refractivity contribution in [3.05, 3.63) is 51.6 Å². The summed E-state index contributed by atoms with van der Waals surface area (Å²) in [7, 11) is 0. The summed E-state index contributed by atoms with van der Waals surface area (Å²) in [5.74, 6) is 1.31. The fourth-order valence-corrected chi connectivity index (χ4v) is 3.81. The molecule has 3 rings (SSSR count). The molecule has 7 heteroatoms. The molecule has 0 aliphatic rings. The number of fused-ring (bicyclic) bond motifs is 1. The number of halogens is 1. The van der Waals surface area contributed by atoms with Crippen molar-refractivity contribution in [1.29, 1.82) is 0 Å². The van der Waals surface area contributed by atoms with E-state index >= 15 is 0 Å². The van der Waals surface area contributed by atoms with E-state index in [9.17, 15) is 0 Å². The molecule has 3 N–H and O–H groups in total. The molecule has 5 nitrogen and oxygen atoms in total. The average molecular weight is 511 g/mol. The molecule has 152 valence electrons. The molecule has 0 saturated carbocycles. The van der Waals surface area contributed by atoms with E-state index in [0.29, 0.717) is 12.5 Å². The van der Waals surface area contributed by atoms with Crippen LogP contribution in [0.3, 0.4) is 0 Å². The highest BCUT2D eigenvalue weighted by molar-refractivity contribution is 14.0. The van der Waals surface area contributed by atoms with Crippen molar-refractivity contribution in [2.75, 3.05) is 13.1 Å². The van der Waals surface area contributed by atoms with Crippen molar-refractivity contribution >= 4 is 52.2 Å². The second-order valence-electron chi connectivity index (χ2n) is 7.07. The van der Waals surface area contributed by atoms with Gasteiger partial charge in [-0.05, 0) is 37.5 Å². The highest BCUT2D eigenvalue weighted by Crippen LogP contribution is 2.20. The molecule has 0 bridgehead atoms. The zero-order valence-electron chi connectivity index (χ0n) is 17.0. The van der Waals surface area contributed by atoms with Crippen LogP contribution >= 0.6 is 35.3 Å². The third-order valence-corrected chi connectivity index (χ3v) is 5.61. The van der Waals surface area contributed by atoms with Gasteiger partial charge >= 0.3 is 0 Å². The summed E-state index contributed by atoms with van der Waals surface area (Å²) in [5.41, 5.74) is 4.84. The van der Waals surface area contributed by atoms with Gasteiger partial charge < -0.3 is 15.6 Å². The van der Waals surface area contributed by atoms with Crippen LogP contribution in [0.15, 0.2) is 34.8 Å². The van der Waals surface area contributed by atoms with Gasteiger partial charge in [-0.15, -0.1) is 35.3 Å². The van der Waals surface area contributed by atoms with E-state index in [1.165, 1.54) is 27.0 Å². The summed E-state index contributed by atoms with van der Waals surface area (Å²) in [6, 6.07) is 6.55. The summed E-state index contributed by atoms with van der Waals surface area (Å²) in [6.45, 7) is 10.8. The molecule has 2 heterocycles. The topological polar surface area (TPSA) is 65.1 Å². The molecule has 0 saturated heterocycles. The van der Waals surface area contributed by atoms with Crippen LogP contribution in [-0.4, -0.2) is 29.0 Å². The Morgan fingerprint density at radius 2 is 2.11 bits per heavy atom. The number of hydrogen-bond acceptors (Lipinski definition) is 3. The first-order valence-corrected chi connectivity index (χ1v) is 10.5. The van der Waals surface area contributed by atoms with Gasteiger partial charge in [0.15, 0.2) is 5.96 Å². The number of aryl methyl sites for hydroxylation is 1. The van der Waals surface area contributed by atoms with Gasteiger partial charge in [-0.1, -0.05) is 26.0 Å². The number of H-pyrrole nitrogens is 1. The normalized spacial score (nSPS) is 11.7. The molecule has 0 spiro atoms. The first kappa shape index (κ1) is 22.7. The van der Waals surface area contributed by atoms with Gasteiger partial charge in [-0.3, -0.25) is 0 Å². The Balaban J connectivity index is 0.00000280. The number of benzene rings is 1. The molecule has 2 aromatic heterocycles. The van der Waals surface area contributed by atoms with E-state index in [1.54, 1.807) is 11.3 Å². The first-order chi connectivity index (χ1) is 13.1. The largest absolute Gasteiger partial charge is 0.361 e. The van der Waals surface area contributed by atoms with Crippen LogP contribution < -0.4 is 10.6 Å². The predicted octanol–water partition coefficient (Wildman–Crippen LogP) is 4.97. The molecule has 0 radical (unpaired) electrons. The number of hydrogen-bond donors (Lipinski definition) is 3. The molecule has 3 aromatic rings. The molecule has 0 atom stereocenters. The SMILES string of the molecule is CCNC(=NCc1csc(C(C)C)n1)NCCc1c[nH]c2cc(C)ccc12.I. The maximum atomic E-state index is 4.68. The molecule has 1 aromatic carbocycles. The Hall–Kier alpha value is -1.61. The van der Waals surface area contributed by atoms with Crippen molar-refractivity contribution in [1.82, 2.24) is 20.6 Å². The maximum Gasteiger partial charge on any atom is 0.191 e. The molecule has 0 unspecified atom stereocenters. The fourth-order valence-electron chi connectivity index (χ4n) is 2.98. The number of aromatic nitrogens is 2. The third-order valence-electron chi connectivity index (χ3n) is 4.42. The van der Waals surface area contributed by atoms with Crippen LogP contribution in [0.25, 0.3) is 10.9 Å². The fraction of sp³-hybridized carbons (Fsp3) is 0.429. The monoisotopic (exact) mass is 511 g/mol. The summed E-state index contributed by atoms with van der Waals surface area (Å²) >= 11 is 1.72. The Labute approximate surface area is 188 Å². The average Bonchev–Trinajstić information content (AvgIpc) is 3.26. The van der Waals surface area contributed by atoms with E-state index in [1.807, 2.05) is 0 Å². The standard InChI is InChI=1S/C21H29N5S.HI/c1-5-22-21(25-12-17-13-27-20(26-17)14(2)3)23-9-8-16-11-24-19-10-15(4)6-7-18(16)19;/h6-7,10-11,13-14,24H,5,8-9,12H2,1-4H3,(H2,22,23,25);1H. The number of rotatable bonds is 7. The number of thiazole rings is 1. The van der Waals surface area contributed by atoms with Crippen LogP contribution in [0, 0.1) is 6.92 Å². The summed E-state index contributed by atoms with van der Waals surface area (Å²) in [6.07, 6.45) is 3.06. The van der Waals surface area contributed by atoms with E-state index in [2.05, 4.69) is 83.1 Å². The van der Waals surface area contributed by atoms with Crippen molar-refractivity contribution in [3.8, 4) is 0 Å². The van der Waals surface area contributed by atoms with Crippen molar-refractivity contribution in [2.45, 2.75) is 46.6 Å². The molecule has 0 fully saturated rings. The minimum absolute atomic E-state index is 0. The van der Waals surface area contributed by atoms with Crippen LogP contribution in [0.4, 0.5) is 0 Å². The molecule has 0 aliphatic heterocycles. The molecule has 0 amide bonds. The summed E-state index contributed by atoms with van der Waals surface area (Å²) in [4.78, 5) is 12.7. The lowest BCUT2D eigenvalue weighted by Crippen LogP contribution is -2.38. The van der Waals surface area contributed by atoms with Crippen LogP contribution in [0.1, 0.15) is 48.5 Å². The van der Waals surface area contributed by atoms with Crippen molar-refractivity contribution in [3.63, 3.8) is 0 Å². The number of aromatic amines is 1. The van der Waals surface area contributed by atoms with Gasteiger partial charge in [0.25, 0.3) is 0 Å².